The Bertz CT molecular complexity index is 2450. The normalized spacial score (nSPS) is 20.3. The van der Waals surface area contributed by atoms with Crippen LogP contribution in [-0.2, 0) is 19.1 Å². The molecule has 0 unspecified atom stereocenters. The summed E-state index contributed by atoms with van der Waals surface area (Å²) in [7, 11) is 0. The number of aliphatic hydroxyl groups is 1. The molecule has 0 radical (unpaired) electrons. The molecular formula is C52H66ClN7O7S. The van der Waals surface area contributed by atoms with Gasteiger partial charge in [-0.2, -0.15) is 5.26 Å². The molecular weight excluding hydrogens is 902 g/mol. The number of nitriles is 1. The fourth-order valence-corrected chi connectivity index (χ4v) is 10.7. The number of carbonyl (C=O) groups excluding carboxylic acids is 4. The van der Waals surface area contributed by atoms with Crippen molar-refractivity contribution in [3.63, 3.8) is 0 Å². The summed E-state index contributed by atoms with van der Waals surface area (Å²) < 4.78 is 12.1. The number of amides is 4. The van der Waals surface area contributed by atoms with Crippen molar-refractivity contribution in [2.45, 2.75) is 124 Å². The van der Waals surface area contributed by atoms with E-state index in [4.69, 9.17) is 21.1 Å². The van der Waals surface area contributed by atoms with Crippen LogP contribution in [0, 0.1) is 34.5 Å². The van der Waals surface area contributed by atoms with Crippen LogP contribution in [0.25, 0.3) is 10.4 Å². The molecule has 1 saturated heterocycles. The zero-order valence-corrected chi connectivity index (χ0v) is 42.1. The van der Waals surface area contributed by atoms with Crippen LogP contribution in [0.4, 0.5) is 5.69 Å². The van der Waals surface area contributed by atoms with Crippen LogP contribution in [0.2, 0.25) is 5.02 Å². The molecule has 2 fully saturated rings. The summed E-state index contributed by atoms with van der Waals surface area (Å²) in [5.74, 6) is -0.820. The van der Waals surface area contributed by atoms with Gasteiger partial charge >= 0.3 is 0 Å². The van der Waals surface area contributed by atoms with E-state index >= 15 is 0 Å². The third-order valence-electron chi connectivity index (χ3n) is 13.2. The first-order valence-electron chi connectivity index (χ1n) is 23.3. The molecule has 4 atom stereocenters. The molecule has 1 saturated carbocycles. The van der Waals surface area contributed by atoms with Crippen molar-refractivity contribution in [2.24, 2.45) is 16.2 Å². The number of aliphatic hydroxyl groups excluding tert-OH is 1. The minimum Gasteiger partial charge on any atom is -0.489 e. The standard InChI is InChI=1S/C52H66ClN7O7S/c1-31(33-13-15-34(16-14-33)43-32(2)56-30-68-43)57-46(64)41-25-38(61)28-60(41)47(65)44(50(3,4)5)58-42(62)29-66-24-12-10-11-23-55-37-20-17-35(18-21-37)45(63)59-48-51(6,7)49(52(48,8)9)67-39-22-19-36(27-54)40(53)26-39/h13-22,26,30-31,38,41,44,48-49,55,61H,10-12,23-25,28-29H2,1-9H3,(H,57,64)(H,58,62)(H,59,63)/t31-,38+,41-,44+,48-,49+/m0/s1. The van der Waals surface area contributed by atoms with Crippen molar-refractivity contribution in [3.8, 4) is 22.3 Å². The van der Waals surface area contributed by atoms with Crippen LogP contribution in [0.3, 0.4) is 0 Å². The van der Waals surface area contributed by atoms with Gasteiger partial charge in [-0.15, -0.1) is 11.3 Å². The lowest BCUT2D eigenvalue weighted by molar-refractivity contribution is -0.164. The summed E-state index contributed by atoms with van der Waals surface area (Å²) in [5.41, 5.74) is 5.11. The Balaban J connectivity index is 0.887. The van der Waals surface area contributed by atoms with E-state index in [-0.39, 0.29) is 60.4 Å². The third kappa shape index (κ3) is 12.2. The lowest BCUT2D eigenvalue weighted by atomic mass is 9.49. The molecule has 1 aromatic heterocycles. The van der Waals surface area contributed by atoms with E-state index < -0.39 is 35.4 Å². The molecule has 364 valence electrons. The second kappa shape index (κ2) is 21.8. The van der Waals surface area contributed by atoms with Gasteiger partial charge in [-0.05, 0) is 86.1 Å². The predicted molar refractivity (Wildman–Crippen MR) is 265 cm³/mol. The molecule has 68 heavy (non-hydrogen) atoms. The molecule has 2 aliphatic rings. The number of anilines is 1. The van der Waals surface area contributed by atoms with Crippen molar-refractivity contribution in [2.75, 3.05) is 31.6 Å². The van der Waals surface area contributed by atoms with Crippen LogP contribution < -0.4 is 26.0 Å². The molecule has 3 aromatic carbocycles. The first-order valence-corrected chi connectivity index (χ1v) is 24.5. The molecule has 4 aromatic rings. The van der Waals surface area contributed by atoms with Crippen LogP contribution in [0.5, 0.6) is 5.75 Å². The number of benzene rings is 3. The number of hydrogen-bond acceptors (Lipinski definition) is 11. The van der Waals surface area contributed by atoms with Crippen molar-refractivity contribution >= 4 is 52.3 Å². The number of carbonyl (C=O) groups is 4. The molecule has 5 N–H and O–H groups in total. The number of β-amino-alcohol motifs (C(OH)–C–C–N with tert-alkyl or cyclic N) is 1. The number of aromatic nitrogens is 1. The Morgan fingerprint density at radius 2 is 1.68 bits per heavy atom. The van der Waals surface area contributed by atoms with Crippen molar-refractivity contribution < 1.29 is 33.8 Å². The molecule has 0 bridgehead atoms. The van der Waals surface area contributed by atoms with E-state index in [1.54, 1.807) is 41.7 Å². The van der Waals surface area contributed by atoms with Gasteiger partial charge < -0.3 is 40.7 Å². The van der Waals surface area contributed by atoms with Gasteiger partial charge in [-0.3, -0.25) is 19.2 Å². The summed E-state index contributed by atoms with van der Waals surface area (Å²) in [5, 5.41) is 32.7. The van der Waals surface area contributed by atoms with E-state index in [0.717, 1.165) is 46.6 Å². The van der Waals surface area contributed by atoms with E-state index in [1.807, 2.05) is 76.5 Å². The quantitative estimate of drug-likeness (QED) is 0.0572. The highest BCUT2D eigenvalue weighted by molar-refractivity contribution is 7.13. The van der Waals surface area contributed by atoms with Gasteiger partial charge in [0.15, 0.2) is 0 Å². The van der Waals surface area contributed by atoms with Crippen molar-refractivity contribution in [1.82, 2.24) is 25.8 Å². The first kappa shape index (κ1) is 51.9. The summed E-state index contributed by atoms with van der Waals surface area (Å²) >= 11 is 7.81. The number of aryl methyl sites for hydroxylation is 1. The number of hydrogen-bond donors (Lipinski definition) is 5. The Morgan fingerprint density at radius 1 is 0.985 bits per heavy atom. The molecule has 4 amide bonds. The van der Waals surface area contributed by atoms with Gasteiger partial charge in [-0.25, -0.2) is 4.98 Å². The number of halogens is 1. The number of nitrogens with one attached hydrogen (secondary N) is 4. The number of thiazole rings is 1. The Kier molecular flexibility index (Phi) is 16.6. The van der Waals surface area contributed by atoms with E-state index in [9.17, 15) is 29.5 Å². The lowest BCUT2D eigenvalue weighted by Gasteiger charge is -2.63. The first-order chi connectivity index (χ1) is 32.1. The number of unbranched alkanes of at least 4 members (excludes halogenated alkanes) is 2. The highest BCUT2D eigenvalue weighted by Gasteiger charge is 2.64. The number of likely N-dealkylation sites (tertiary alicyclic amines) is 1. The Hall–Kier alpha value is -5.53. The summed E-state index contributed by atoms with van der Waals surface area (Å²) in [6, 6.07) is 20.1. The average Bonchev–Trinajstić information content (AvgIpc) is 3.91. The van der Waals surface area contributed by atoms with Gasteiger partial charge in [0.05, 0.1) is 38.8 Å². The van der Waals surface area contributed by atoms with Gasteiger partial charge in [-0.1, -0.05) is 84.3 Å². The van der Waals surface area contributed by atoms with Crippen LogP contribution in [0.15, 0.2) is 72.2 Å². The number of ether oxygens (including phenoxy) is 2. The SMILES string of the molecule is Cc1ncsc1-c1ccc([C@H](C)NC(=O)[C@@H]2C[C@@H](O)CN2C(=O)[C@@H](NC(=O)COCCCCCNc2ccc(C(=O)N[C@H]3C(C)(C)[C@@H](Oc4ccc(C#N)c(Cl)c4)C3(C)C)cc2)C(C)(C)C)cc1. The lowest BCUT2D eigenvalue weighted by Crippen LogP contribution is -2.74. The van der Waals surface area contributed by atoms with Crippen molar-refractivity contribution in [3.05, 3.63) is 99.6 Å². The molecule has 14 nitrogen and oxygen atoms in total. The fraction of sp³-hybridized carbons (Fsp3) is 0.500. The molecule has 6 rings (SSSR count). The summed E-state index contributed by atoms with van der Waals surface area (Å²) in [4.78, 5) is 61.0. The van der Waals surface area contributed by atoms with Gasteiger partial charge in [0.1, 0.15) is 36.6 Å². The van der Waals surface area contributed by atoms with Crippen LogP contribution in [-0.4, -0.2) is 95.3 Å². The van der Waals surface area contributed by atoms with Gasteiger partial charge in [0, 0.05) is 60.3 Å². The monoisotopic (exact) mass is 967 g/mol. The van der Waals surface area contributed by atoms with E-state index in [1.165, 1.54) is 4.90 Å². The molecule has 16 heteroatoms. The minimum atomic E-state index is -0.952. The Labute approximate surface area is 409 Å². The van der Waals surface area contributed by atoms with E-state index in [0.29, 0.717) is 35.1 Å². The maximum Gasteiger partial charge on any atom is 0.251 e. The number of nitrogens with zero attached hydrogens (tertiary/aromatic N) is 3. The largest absolute Gasteiger partial charge is 0.489 e. The summed E-state index contributed by atoms with van der Waals surface area (Å²) in [6.07, 6.45) is 1.46. The number of rotatable bonds is 19. The van der Waals surface area contributed by atoms with E-state index in [2.05, 4.69) is 60.0 Å². The predicted octanol–water partition coefficient (Wildman–Crippen LogP) is 8.22. The van der Waals surface area contributed by atoms with Gasteiger partial charge in [0.2, 0.25) is 17.7 Å². The maximum absolute atomic E-state index is 14.1. The highest BCUT2D eigenvalue weighted by Crippen LogP contribution is 2.55. The maximum atomic E-state index is 14.1. The zero-order chi connectivity index (χ0) is 49.6. The third-order valence-corrected chi connectivity index (χ3v) is 14.5. The second-order valence-electron chi connectivity index (χ2n) is 20.3. The average molecular weight is 969 g/mol. The topological polar surface area (TPSA) is 195 Å². The Morgan fingerprint density at radius 3 is 2.29 bits per heavy atom. The molecule has 1 aliphatic carbocycles. The fourth-order valence-electron chi connectivity index (χ4n) is 9.67. The zero-order valence-electron chi connectivity index (χ0n) is 40.6. The molecule has 0 spiro atoms. The van der Waals surface area contributed by atoms with Gasteiger partial charge in [0.25, 0.3) is 5.91 Å². The molecule has 1 aliphatic heterocycles. The second-order valence-corrected chi connectivity index (χ2v) is 21.6. The van der Waals surface area contributed by atoms with Crippen molar-refractivity contribution in [1.29, 1.82) is 5.26 Å². The minimum absolute atomic E-state index is 0.0135. The summed E-state index contributed by atoms with van der Waals surface area (Å²) in [6.45, 7) is 18.5. The van der Waals surface area contributed by atoms with Crippen LogP contribution >= 0.6 is 22.9 Å². The highest BCUT2D eigenvalue weighted by atomic mass is 35.5. The smallest absolute Gasteiger partial charge is 0.251 e. The molecule has 2 heterocycles. The van der Waals surface area contributed by atoms with Crippen LogP contribution in [0.1, 0.15) is 114 Å².